The molecule has 0 unspecified atom stereocenters. The average molecular weight is 332 g/mol. The van der Waals surface area contributed by atoms with Crippen LogP contribution in [0.4, 0.5) is 0 Å². The zero-order valence-electron chi connectivity index (χ0n) is 14.2. The molecule has 0 fully saturated rings. The Balaban J connectivity index is 3.03. The topological polar surface area (TPSA) is 98.0 Å². The quantitative estimate of drug-likeness (QED) is 0.340. The summed E-state index contributed by atoms with van der Waals surface area (Å²) in [6.07, 6.45) is 10.2. The van der Waals surface area contributed by atoms with Crippen molar-refractivity contribution >= 4 is 18.4 Å². The molecule has 0 aromatic rings. The van der Waals surface area contributed by atoms with E-state index in [4.69, 9.17) is 10.1 Å². The number of aliphatic carboxylic acids is 1. The van der Waals surface area contributed by atoms with Gasteiger partial charge in [-0.25, -0.2) is 4.79 Å². The van der Waals surface area contributed by atoms with Crippen LogP contribution in [0.1, 0.15) is 13.3 Å². The Labute approximate surface area is 142 Å². The number of hydrogen-bond donors (Lipinski definition) is 3. The molecule has 0 atom stereocenters. The van der Waals surface area contributed by atoms with Crippen molar-refractivity contribution < 1.29 is 14.6 Å². The Morgan fingerprint density at radius 3 is 2.83 bits per heavy atom. The number of carboxylic acids is 1. The zero-order chi connectivity index (χ0) is 17.9. The Morgan fingerprint density at radius 1 is 1.54 bits per heavy atom. The first-order valence-corrected chi connectivity index (χ1v) is 7.61. The Kier molecular flexibility index (Phi) is 8.21. The van der Waals surface area contributed by atoms with Crippen LogP contribution in [-0.2, 0) is 9.53 Å². The van der Waals surface area contributed by atoms with Crippen molar-refractivity contribution in [3.63, 3.8) is 0 Å². The third-order valence-corrected chi connectivity index (χ3v) is 3.21. The van der Waals surface area contributed by atoms with Crippen molar-refractivity contribution in [2.24, 2.45) is 4.99 Å². The van der Waals surface area contributed by atoms with Gasteiger partial charge in [-0.3, -0.25) is 4.99 Å². The Morgan fingerprint density at radius 2 is 2.29 bits per heavy atom. The standard InChI is InChI=1S/C17H24N4O3/c1-4-5-6-14(17(22)23)16-11-20-15(12-21(16)2)13(9-18)10-19-7-8-24-3/h5-6,9-12,18-19H,4,7-8H2,1-3H3,(H,22,23)/b6-5-,13-10+,16-14+,18-9?. The van der Waals surface area contributed by atoms with Crippen LogP contribution >= 0.6 is 0 Å². The molecule has 0 amide bonds. The van der Waals surface area contributed by atoms with Gasteiger partial charge in [-0.1, -0.05) is 13.0 Å². The summed E-state index contributed by atoms with van der Waals surface area (Å²) in [6.45, 7) is 3.12. The zero-order valence-corrected chi connectivity index (χ0v) is 14.2. The summed E-state index contributed by atoms with van der Waals surface area (Å²) >= 11 is 0. The van der Waals surface area contributed by atoms with E-state index in [0.717, 1.165) is 6.42 Å². The molecule has 3 N–H and O–H groups in total. The van der Waals surface area contributed by atoms with Crippen LogP contribution in [0.3, 0.4) is 0 Å². The lowest BCUT2D eigenvalue weighted by atomic mass is 10.1. The molecule has 0 bridgehead atoms. The summed E-state index contributed by atoms with van der Waals surface area (Å²) < 4.78 is 4.95. The molecule has 0 aliphatic carbocycles. The number of allylic oxidation sites excluding steroid dienone is 3. The highest BCUT2D eigenvalue weighted by Gasteiger charge is 2.17. The predicted octanol–water partition coefficient (Wildman–Crippen LogP) is 1.92. The fraction of sp³-hybridized carbons (Fsp3) is 0.353. The summed E-state index contributed by atoms with van der Waals surface area (Å²) in [4.78, 5) is 17.4. The molecule has 0 saturated carbocycles. The fourth-order valence-electron chi connectivity index (χ4n) is 1.95. The van der Waals surface area contributed by atoms with E-state index in [2.05, 4.69) is 10.3 Å². The summed E-state index contributed by atoms with van der Waals surface area (Å²) in [7, 11) is 3.37. The van der Waals surface area contributed by atoms with Crippen LogP contribution in [0.5, 0.6) is 0 Å². The highest BCUT2D eigenvalue weighted by atomic mass is 16.5. The Bertz CT molecular complexity index is 615. The predicted molar refractivity (Wildman–Crippen MR) is 95.2 cm³/mol. The molecule has 1 aliphatic heterocycles. The molecular formula is C17H24N4O3. The van der Waals surface area contributed by atoms with E-state index < -0.39 is 5.97 Å². The number of nitrogens with zero attached hydrogens (tertiary/aromatic N) is 2. The van der Waals surface area contributed by atoms with E-state index in [1.165, 1.54) is 12.4 Å². The van der Waals surface area contributed by atoms with Gasteiger partial charge in [0.05, 0.1) is 29.8 Å². The molecule has 130 valence electrons. The number of rotatable bonds is 9. The lowest BCUT2D eigenvalue weighted by Gasteiger charge is -2.22. The minimum absolute atomic E-state index is 0.178. The van der Waals surface area contributed by atoms with Crippen molar-refractivity contribution in [3.8, 4) is 0 Å². The first-order valence-electron chi connectivity index (χ1n) is 7.61. The van der Waals surface area contributed by atoms with E-state index in [0.29, 0.717) is 30.1 Å². The molecule has 0 radical (unpaired) electrons. The number of nitrogens with one attached hydrogen (secondary N) is 2. The molecule has 1 rings (SSSR count). The lowest BCUT2D eigenvalue weighted by molar-refractivity contribution is -0.132. The minimum Gasteiger partial charge on any atom is -0.478 e. The maximum absolute atomic E-state index is 11.4. The van der Waals surface area contributed by atoms with Gasteiger partial charge in [0.1, 0.15) is 0 Å². The van der Waals surface area contributed by atoms with Crippen LogP contribution in [0.2, 0.25) is 0 Å². The second-order valence-corrected chi connectivity index (χ2v) is 4.99. The van der Waals surface area contributed by atoms with Crippen LogP contribution in [-0.4, -0.2) is 55.7 Å². The van der Waals surface area contributed by atoms with Crippen molar-refractivity contribution in [2.75, 3.05) is 27.3 Å². The van der Waals surface area contributed by atoms with Crippen molar-refractivity contribution in [1.82, 2.24) is 10.2 Å². The normalized spacial score (nSPS) is 17.0. The second-order valence-electron chi connectivity index (χ2n) is 4.99. The summed E-state index contributed by atoms with van der Waals surface area (Å²) in [5.41, 5.74) is 1.84. The van der Waals surface area contributed by atoms with Gasteiger partial charge in [0.15, 0.2) is 0 Å². The van der Waals surface area contributed by atoms with Gasteiger partial charge in [-0.15, -0.1) is 0 Å². The molecule has 7 nitrogen and oxygen atoms in total. The van der Waals surface area contributed by atoms with E-state index in [1.54, 1.807) is 43.6 Å². The van der Waals surface area contributed by atoms with Crippen LogP contribution in [0.15, 0.2) is 52.1 Å². The van der Waals surface area contributed by atoms with Crippen molar-refractivity contribution in [3.05, 3.63) is 47.1 Å². The van der Waals surface area contributed by atoms with Crippen LogP contribution in [0, 0.1) is 5.41 Å². The minimum atomic E-state index is -1.01. The fourth-order valence-corrected chi connectivity index (χ4v) is 1.95. The van der Waals surface area contributed by atoms with Crippen molar-refractivity contribution in [1.29, 1.82) is 5.41 Å². The first kappa shape index (κ1) is 19.4. The van der Waals surface area contributed by atoms with Gasteiger partial charge in [0, 0.05) is 44.9 Å². The van der Waals surface area contributed by atoms with Gasteiger partial charge in [-0.05, 0) is 12.5 Å². The van der Waals surface area contributed by atoms with Gasteiger partial charge in [0.25, 0.3) is 0 Å². The molecule has 1 heterocycles. The lowest BCUT2D eigenvalue weighted by Crippen LogP contribution is -2.21. The SMILES string of the molecule is CC/C=C\C(C(=O)O)=C1\C=NC(/C(C=N)=C/NCCOC)=CN1C. The molecule has 0 spiro atoms. The third kappa shape index (κ3) is 5.51. The van der Waals surface area contributed by atoms with E-state index in [1.807, 2.05) is 6.92 Å². The van der Waals surface area contributed by atoms with E-state index in [9.17, 15) is 9.90 Å². The summed E-state index contributed by atoms with van der Waals surface area (Å²) in [5, 5.41) is 19.9. The summed E-state index contributed by atoms with van der Waals surface area (Å²) in [6, 6.07) is 0. The molecule has 0 saturated heterocycles. The van der Waals surface area contributed by atoms with Gasteiger partial charge in [-0.2, -0.15) is 0 Å². The molecule has 0 aromatic heterocycles. The number of hydrogen-bond acceptors (Lipinski definition) is 6. The van der Waals surface area contributed by atoms with E-state index >= 15 is 0 Å². The Hall–Kier alpha value is -2.67. The molecule has 7 heteroatoms. The molecule has 0 aromatic carbocycles. The van der Waals surface area contributed by atoms with Gasteiger partial charge >= 0.3 is 5.97 Å². The molecular weight excluding hydrogens is 308 g/mol. The highest BCUT2D eigenvalue weighted by molar-refractivity contribution is 5.99. The van der Waals surface area contributed by atoms with Gasteiger partial charge < -0.3 is 25.5 Å². The maximum atomic E-state index is 11.4. The number of ether oxygens (including phenoxy) is 1. The maximum Gasteiger partial charge on any atom is 0.337 e. The number of aliphatic imine (C=N–C) groups is 1. The number of carboxylic acid groups (broad SMARTS) is 1. The van der Waals surface area contributed by atoms with Crippen LogP contribution < -0.4 is 5.32 Å². The largest absolute Gasteiger partial charge is 0.478 e. The van der Waals surface area contributed by atoms with E-state index in [-0.39, 0.29) is 5.57 Å². The van der Waals surface area contributed by atoms with Crippen molar-refractivity contribution in [2.45, 2.75) is 13.3 Å². The average Bonchev–Trinajstić information content (AvgIpc) is 2.56. The number of methoxy groups -OCH3 is 1. The molecule has 1 aliphatic rings. The number of carbonyl (C=O) groups is 1. The second kappa shape index (κ2) is 10.2. The van der Waals surface area contributed by atoms with Crippen LogP contribution in [0.25, 0.3) is 0 Å². The first-order chi connectivity index (χ1) is 11.5. The monoisotopic (exact) mass is 332 g/mol. The summed E-state index contributed by atoms with van der Waals surface area (Å²) in [5.74, 6) is -1.01. The molecule has 24 heavy (non-hydrogen) atoms. The third-order valence-electron chi connectivity index (χ3n) is 3.21. The highest BCUT2D eigenvalue weighted by Crippen LogP contribution is 2.20. The smallest absolute Gasteiger partial charge is 0.337 e. The van der Waals surface area contributed by atoms with Gasteiger partial charge in [0.2, 0.25) is 0 Å².